The minimum absolute atomic E-state index is 0.0120. The third kappa shape index (κ3) is 9.72. The lowest BCUT2D eigenvalue weighted by atomic mass is 10.4. The summed E-state index contributed by atoms with van der Waals surface area (Å²) < 4.78 is 11.0. The van der Waals surface area contributed by atoms with E-state index in [1.165, 1.54) is 12.8 Å². The van der Waals surface area contributed by atoms with E-state index in [0.29, 0.717) is 6.61 Å². The van der Waals surface area contributed by atoms with Gasteiger partial charge in [-0.15, -0.1) is 0 Å². The van der Waals surface area contributed by atoms with Crippen LogP contribution in [0.4, 0.5) is 0 Å². The first-order valence-corrected chi connectivity index (χ1v) is 8.89. The van der Waals surface area contributed by atoms with Gasteiger partial charge < -0.3 is 24.6 Å². The quantitative estimate of drug-likeness (QED) is 0.323. The van der Waals surface area contributed by atoms with Crippen molar-refractivity contribution >= 4 is 11.9 Å². The highest BCUT2D eigenvalue weighted by Gasteiger charge is 2.21. The maximum absolute atomic E-state index is 11.8. The van der Waals surface area contributed by atoms with Gasteiger partial charge in [-0.2, -0.15) is 0 Å². The van der Waals surface area contributed by atoms with E-state index in [2.05, 4.69) is 10.3 Å². The van der Waals surface area contributed by atoms with Gasteiger partial charge in [0.05, 0.1) is 6.61 Å². The lowest BCUT2D eigenvalue weighted by molar-refractivity contribution is -0.127. The van der Waals surface area contributed by atoms with E-state index in [-0.39, 0.29) is 12.5 Å². The normalized spacial score (nSPS) is 14.6. The fraction of sp³-hybridized carbons (Fsp3) is 0.882. The Morgan fingerprint density at radius 3 is 2.58 bits per heavy atom. The van der Waals surface area contributed by atoms with Crippen molar-refractivity contribution in [3.8, 4) is 0 Å². The maximum atomic E-state index is 11.8. The van der Waals surface area contributed by atoms with Crippen molar-refractivity contribution < 1.29 is 14.3 Å². The molecule has 0 aromatic carbocycles. The zero-order chi connectivity index (χ0) is 17.8. The molecule has 0 atom stereocenters. The first-order valence-electron chi connectivity index (χ1n) is 8.89. The monoisotopic (exact) mass is 342 g/mol. The van der Waals surface area contributed by atoms with Crippen molar-refractivity contribution in [2.75, 3.05) is 67.2 Å². The Morgan fingerprint density at radius 1 is 1.21 bits per heavy atom. The Labute approximate surface area is 146 Å². The topological polar surface area (TPSA) is 66.4 Å². The number of rotatable bonds is 12. The highest BCUT2D eigenvalue weighted by Crippen LogP contribution is 2.28. The van der Waals surface area contributed by atoms with Gasteiger partial charge >= 0.3 is 0 Å². The summed E-state index contributed by atoms with van der Waals surface area (Å²) in [4.78, 5) is 19.7. The molecule has 0 radical (unpaired) electrons. The first kappa shape index (κ1) is 20.7. The molecule has 1 N–H and O–H groups in total. The minimum Gasteiger partial charge on any atom is -0.382 e. The zero-order valence-corrected chi connectivity index (χ0v) is 15.7. The summed E-state index contributed by atoms with van der Waals surface area (Å²) in [5.41, 5.74) is 0. The highest BCUT2D eigenvalue weighted by atomic mass is 16.5. The van der Waals surface area contributed by atoms with Crippen LogP contribution in [0.25, 0.3) is 0 Å². The molecule has 0 heterocycles. The molecule has 0 unspecified atom stereocenters. The molecule has 0 bridgehead atoms. The van der Waals surface area contributed by atoms with Gasteiger partial charge in [0, 0.05) is 54.1 Å². The van der Waals surface area contributed by atoms with Crippen molar-refractivity contribution in [2.45, 2.75) is 26.2 Å². The molecule has 1 saturated carbocycles. The summed E-state index contributed by atoms with van der Waals surface area (Å²) in [6, 6.07) is 0. The zero-order valence-electron chi connectivity index (χ0n) is 15.7. The van der Waals surface area contributed by atoms with Crippen LogP contribution in [-0.4, -0.2) is 88.9 Å². The van der Waals surface area contributed by atoms with Crippen LogP contribution in [0.2, 0.25) is 0 Å². The number of ether oxygens (including phenoxy) is 2. The molecule has 140 valence electrons. The molecule has 1 rings (SSSR count). The third-order valence-electron chi connectivity index (χ3n) is 3.80. The number of likely N-dealkylation sites (N-methyl/N-ethyl adjacent to an activating group) is 2. The van der Waals surface area contributed by atoms with Crippen LogP contribution >= 0.6 is 0 Å². The lowest BCUT2D eigenvalue weighted by Crippen LogP contribution is -2.42. The maximum Gasteiger partial charge on any atom is 0.243 e. The van der Waals surface area contributed by atoms with Crippen molar-refractivity contribution in [1.29, 1.82) is 0 Å². The second-order valence-electron chi connectivity index (χ2n) is 6.35. The summed E-state index contributed by atoms with van der Waals surface area (Å²) in [5, 5.41) is 3.30. The van der Waals surface area contributed by atoms with Crippen LogP contribution in [0.15, 0.2) is 4.99 Å². The summed E-state index contributed by atoms with van der Waals surface area (Å²) in [5.74, 6) is 1.50. The van der Waals surface area contributed by atoms with Crippen LogP contribution in [0, 0.1) is 5.92 Å². The number of hydrogen-bond acceptors (Lipinski definition) is 4. The van der Waals surface area contributed by atoms with E-state index in [4.69, 9.17) is 9.47 Å². The van der Waals surface area contributed by atoms with E-state index in [1.54, 1.807) is 19.0 Å². The highest BCUT2D eigenvalue weighted by molar-refractivity contribution is 5.84. The number of nitrogens with zero attached hydrogens (tertiary/aromatic N) is 3. The Bertz CT molecular complexity index is 384. The van der Waals surface area contributed by atoms with Gasteiger partial charge in [-0.1, -0.05) is 0 Å². The number of amides is 1. The molecule has 0 aromatic rings. The molecule has 7 nitrogen and oxygen atoms in total. The average Bonchev–Trinajstić information content (AvgIpc) is 3.37. The van der Waals surface area contributed by atoms with Gasteiger partial charge in [-0.3, -0.25) is 4.79 Å². The molecule has 1 amide bonds. The molecule has 1 aliphatic carbocycles. The van der Waals surface area contributed by atoms with E-state index in [1.807, 2.05) is 18.9 Å². The fourth-order valence-corrected chi connectivity index (χ4v) is 1.96. The first-order chi connectivity index (χ1) is 11.5. The number of aliphatic imine (C=N–C) groups is 1. The molecular weight excluding hydrogens is 308 g/mol. The molecule has 0 aromatic heterocycles. The standard InChI is InChI=1S/C17H34N4O3/c1-5-23-11-6-9-18-17(19-13-16(22)20(2)3)21(4)10-12-24-14-15-7-8-15/h15H,5-14H2,1-4H3,(H,18,19). The number of guanidine groups is 1. The van der Waals surface area contributed by atoms with E-state index in [0.717, 1.165) is 51.2 Å². The van der Waals surface area contributed by atoms with Crippen molar-refractivity contribution in [3.63, 3.8) is 0 Å². The van der Waals surface area contributed by atoms with Crippen molar-refractivity contribution in [1.82, 2.24) is 15.1 Å². The van der Waals surface area contributed by atoms with E-state index >= 15 is 0 Å². The van der Waals surface area contributed by atoms with Gasteiger partial charge in [0.25, 0.3) is 0 Å². The van der Waals surface area contributed by atoms with Crippen LogP contribution in [0.1, 0.15) is 26.2 Å². The Hall–Kier alpha value is -1.34. The molecule has 1 aliphatic rings. The third-order valence-corrected chi connectivity index (χ3v) is 3.80. The van der Waals surface area contributed by atoms with E-state index < -0.39 is 0 Å². The Kier molecular flexibility index (Phi) is 10.4. The second-order valence-corrected chi connectivity index (χ2v) is 6.35. The largest absolute Gasteiger partial charge is 0.382 e. The second kappa shape index (κ2) is 12.1. The summed E-state index contributed by atoms with van der Waals surface area (Å²) in [6.07, 6.45) is 3.51. The van der Waals surface area contributed by atoms with Crippen molar-refractivity contribution in [2.24, 2.45) is 10.9 Å². The Morgan fingerprint density at radius 2 is 1.96 bits per heavy atom. The van der Waals surface area contributed by atoms with E-state index in [9.17, 15) is 4.79 Å². The van der Waals surface area contributed by atoms with Gasteiger partial charge in [0.2, 0.25) is 5.91 Å². The molecule has 7 heteroatoms. The predicted molar refractivity (Wildman–Crippen MR) is 96.3 cm³/mol. The number of carbonyl (C=O) groups is 1. The molecule has 0 saturated heterocycles. The molecule has 0 aliphatic heterocycles. The van der Waals surface area contributed by atoms with Gasteiger partial charge in [-0.05, 0) is 32.1 Å². The van der Waals surface area contributed by atoms with Gasteiger partial charge in [0.1, 0.15) is 6.54 Å². The van der Waals surface area contributed by atoms with Crippen LogP contribution in [0.3, 0.4) is 0 Å². The van der Waals surface area contributed by atoms with Crippen molar-refractivity contribution in [3.05, 3.63) is 0 Å². The van der Waals surface area contributed by atoms with Crippen LogP contribution in [0.5, 0.6) is 0 Å². The molecule has 0 spiro atoms. The molecule has 24 heavy (non-hydrogen) atoms. The number of carbonyl (C=O) groups excluding carboxylic acids is 1. The summed E-state index contributed by atoms with van der Waals surface area (Å²) >= 11 is 0. The predicted octanol–water partition coefficient (Wildman–Crippen LogP) is 0.805. The Balaban J connectivity index is 2.37. The summed E-state index contributed by atoms with van der Waals surface area (Å²) in [6.45, 7) is 6.65. The molecule has 1 fully saturated rings. The smallest absolute Gasteiger partial charge is 0.243 e. The fourth-order valence-electron chi connectivity index (χ4n) is 1.96. The SMILES string of the molecule is CCOCCCNC(=NCC(=O)N(C)C)N(C)CCOCC1CC1. The van der Waals surface area contributed by atoms with Gasteiger partial charge in [0.15, 0.2) is 5.96 Å². The molecular formula is C17H34N4O3. The lowest BCUT2D eigenvalue weighted by Gasteiger charge is -2.22. The number of nitrogens with one attached hydrogen (secondary N) is 1. The van der Waals surface area contributed by atoms with Crippen LogP contribution < -0.4 is 5.32 Å². The number of hydrogen-bond donors (Lipinski definition) is 1. The average molecular weight is 342 g/mol. The van der Waals surface area contributed by atoms with Crippen LogP contribution in [-0.2, 0) is 14.3 Å². The summed E-state index contributed by atoms with van der Waals surface area (Å²) in [7, 11) is 5.44. The minimum atomic E-state index is -0.0120. The van der Waals surface area contributed by atoms with Gasteiger partial charge in [-0.25, -0.2) is 4.99 Å².